The van der Waals surface area contributed by atoms with Crippen molar-refractivity contribution in [2.45, 2.75) is 6.54 Å². The van der Waals surface area contributed by atoms with E-state index in [2.05, 4.69) is 15.1 Å². The number of amides is 2. The molecule has 2 amide bonds. The Labute approximate surface area is 254 Å². The number of ether oxygens (including phenoxy) is 2. The fraction of sp³-hybridized carbons (Fsp3) is 0.250. The average Bonchev–Trinajstić information content (AvgIpc) is 3.05. The van der Waals surface area contributed by atoms with Crippen LogP contribution in [0.2, 0.25) is 5.02 Å². The first-order valence-electron chi connectivity index (χ1n) is 13.7. The van der Waals surface area contributed by atoms with Crippen LogP contribution in [0.4, 0.5) is 10.2 Å². The Kier molecular flexibility index (Phi) is 9.36. The highest BCUT2D eigenvalue weighted by Gasteiger charge is 2.26. The van der Waals surface area contributed by atoms with Crippen molar-refractivity contribution in [2.24, 2.45) is 0 Å². The Morgan fingerprint density at radius 3 is 2.23 bits per heavy atom. The van der Waals surface area contributed by atoms with Gasteiger partial charge in [-0.3, -0.25) is 9.59 Å². The zero-order chi connectivity index (χ0) is 30.3. The molecule has 0 N–H and O–H groups in total. The van der Waals surface area contributed by atoms with Crippen LogP contribution in [-0.2, 0) is 11.3 Å². The number of carbonyl (C=O) groups is 2. The van der Waals surface area contributed by atoms with Crippen molar-refractivity contribution in [3.63, 3.8) is 0 Å². The monoisotopic (exact) mass is 603 g/mol. The number of carbonyl (C=O) groups excluding carboxylic acids is 2. The maximum Gasteiger partial charge on any atom is 0.254 e. The molecule has 4 aromatic rings. The molecule has 5 rings (SSSR count). The molecule has 222 valence electrons. The van der Waals surface area contributed by atoms with Crippen LogP contribution in [0, 0.1) is 5.82 Å². The molecule has 1 aliphatic heterocycles. The van der Waals surface area contributed by atoms with Crippen molar-refractivity contribution in [1.29, 1.82) is 0 Å². The molecular formula is C32H31ClFN5O4. The lowest BCUT2D eigenvalue weighted by atomic mass is 10.1. The van der Waals surface area contributed by atoms with Crippen molar-refractivity contribution in [3.05, 3.63) is 101 Å². The largest absolute Gasteiger partial charge is 0.497 e. The highest BCUT2D eigenvalue weighted by molar-refractivity contribution is 6.30. The summed E-state index contributed by atoms with van der Waals surface area (Å²) >= 11 is 6.00. The summed E-state index contributed by atoms with van der Waals surface area (Å²) < 4.78 is 24.2. The van der Waals surface area contributed by atoms with Crippen molar-refractivity contribution in [1.82, 2.24) is 20.0 Å². The van der Waals surface area contributed by atoms with E-state index in [-0.39, 0.29) is 30.7 Å². The molecule has 11 heteroatoms. The van der Waals surface area contributed by atoms with E-state index in [1.54, 1.807) is 61.6 Å². The number of nitrogens with zero attached hydrogens (tertiary/aromatic N) is 5. The van der Waals surface area contributed by atoms with Crippen molar-refractivity contribution in [3.8, 4) is 22.8 Å². The smallest absolute Gasteiger partial charge is 0.254 e. The van der Waals surface area contributed by atoms with E-state index in [0.29, 0.717) is 59.8 Å². The van der Waals surface area contributed by atoms with Gasteiger partial charge in [0.25, 0.3) is 5.91 Å². The van der Waals surface area contributed by atoms with Gasteiger partial charge in [-0.05, 0) is 66.2 Å². The average molecular weight is 604 g/mol. The molecule has 1 fully saturated rings. The van der Waals surface area contributed by atoms with Gasteiger partial charge in [0, 0.05) is 54.9 Å². The van der Waals surface area contributed by atoms with Crippen LogP contribution in [0.5, 0.6) is 11.5 Å². The summed E-state index contributed by atoms with van der Waals surface area (Å²) in [6, 6.07) is 21.7. The van der Waals surface area contributed by atoms with Gasteiger partial charge in [0.05, 0.1) is 19.9 Å². The maximum atomic E-state index is 13.5. The van der Waals surface area contributed by atoms with Crippen LogP contribution in [0.25, 0.3) is 11.3 Å². The predicted octanol–water partition coefficient (Wildman–Crippen LogP) is 4.94. The fourth-order valence-corrected chi connectivity index (χ4v) is 5.01. The van der Waals surface area contributed by atoms with Gasteiger partial charge in [0.2, 0.25) is 5.91 Å². The van der Waals surface area contributed by atoms with E-state index in [0.717, 1.165) is 11.1 Å². The molecule has 9 nitrogen and oxygen atoms in total. The Balaban J connectivity index is 1.23. The Hall–Kier alpha value is -4.70. The lowest BCUT2D eigenvalue weighted by Gasteiger charge is -2.36. The first kappa shape index (κ1) is 29.8. The summed E-state index contributed by atoms with van der Waals surface area (Å²) in [7, 11) is 3.19. The number of halogens is 2. The van der Waals surface area contributed by atoms with Gasteiger partial charge >= 0.3 is 0 Å². The third kappa shape index (κ3) is 7.21. The van der Waals surface area contributed by atoms with Crippen LogP contribution >= 0.6 is 11.6 Å². The maximum absolute atomic E-state index is 13.5. The number of aromatic nitrogens is 2. The van der Waals surface area contributed by atoms with Crippen LogP contribution < -0.4 is 14.4 Å². The van der Waals surface area contributed by atoms with Crippen molar-refractivity contribution < 1.29 is 23.5 Å². The standard InChI is InChI=1S/C32H31ClFN5O4/c1-42-26-11-12-27(29(19-26)43-2)28-13-14-30(36-35-28)37-15-17-38(18-16-37)31(40)21-39(20-22-3-9-25(34)10-4-22)32(41)23-5-7-24(33)8-6-23/h3-14,19H,15-18,20-21H2,1-2H3. The second-order valence-electron chi connectivity index (χ2n) is 10.0. The molecule has 3 aromatic carbocycles. The topological polar surface area (TPSA) is 88.1 Å². The minimum atomic E-state index is -0.368. The minimum Gasteiger partial charge on any atom is -0.497 e. The van der Waals surface area contributed by atoms with Crippen molar-refractivity contribution >= 4 is 29.2 Å². The first-order valence-corrected chi connectivity index (χ1v) is 14.1. The molecule has 1 saturated heterocycles. The lowest BCUT2D eigenvalue weighted by molar-refractivity contribution is -0.132. The highest BCUT2D eigenvalue weighted by atomic mass is 35.5. The molecule has 2 heterocycles. The molecule has 0 radical (unpaired) electrons. The van der Waals surface area contributed by atoms with Gasteiger partial charge in [0.15, 0.2) is 5.82 Å². The second-order valence-corrected chi connectivity index (χ2v) is 10.4. The Morgan fingerprint density at radius 1 is 0.884 bits per heavy atom. The molecule has 0 saturated carbocycles. The third-order valence-corrected chi connectivity index (χ3v) is 7.53. The van der Waals surface area contributed by atoms with Gasteiger partial charge in [-0.1, -0.05) is 23.7 Å². The zero-order valence-electron chi connectivity index (χ0n) is 23.9. The van der Waals surface area contributed by atoms with E-state index in [4.69, 9.17) is 21.1 Å². The summed E-state index contributed by atoms with van der Waals surface area (Å²) in [5.74, 6) is 1.18. The zero-order valence-corrected chi connectivity index (χ0v) is 24.6. The SMILES string of the molecule is COc1ccc(-c2ccc(N3CCN(C(=O)CN(Cc4ccc(F)cc4)C(=O)c4ccc(Cl)cc4)CC3)nn2)c(OC)c1. The van der Waals surface area contributed by atoms with Crippen LogP contribution in [-0.4, -0.2) is 78.8 Å². The van der Waals surface area contributed by atoms with Gasteiger partial charge < -0.3 is 24.2 Å². The molecule has 0 bridgehead atoms. The normalized spacial score (nSPS) is 13.0. The van der Waals surface area contributed by atoms with Gasteiger partial charge in [-0.15, -0.1) is 10.2 Å². The van der Waals surface area contributed by atoms with Crippen LogP contribution in [0.15, 0.2) is 78.9 Å². The quantitative estimate of drug-likeness (QED) is 0.268. The number of methoxy groups -OCH3 is 2. The van der Waals surface area contributed by atoms with Gasteiger partial charge in [-0.25, -0.2) is 4.39 Å². The summed E-state index contributed by atoms with van der Waals surface area (Å²) in [5, 5.41) is 9.35. The lowest BCUT2D eigenvalue weighted by Crippen LogP contribution is -2.52. The summed E-state index contributed by atoms with van der Waals surface area (Å²) in [6.07, 6.45) is 0. The summed E-state index contributed by atoms with van der Waals surface area (Å²) in [4.78, 5) is 32.1. The number of benzene rings is 3. The molecule has 0 unspecified atom stereocenters. The van der Waals surface area contributed by atoms with Crippen LogP contribution in [0.3, 0.4) is 0 Å². The molecule has 1 aromatic heterocycles. The molecule has 0 aliphatic carbocycles. The molecule has 1 aliphatic rings. The number of hydrogen-bond acceptors (Lipinski definition) is 7. The highest BCUT2D eigenvalue weighted by Crippen LogP contribution is 2.32. The Bertz CT molecular complexity index is 1560. The first-order chi connectivity index (χ1) is 20.8. The number of anilines is 1. The Morgan fingerprint density at radius 2 is 1.60 bits per heavy atom. The van der Waals surface area contributed by atoms with Crippen LogP contribution in [0.1, 0.15) is 15.9 Å². The minimum absolute atomic E-state index is 0.114. The molecule has 0 spiro atoms. The number of piperazine rings is 1. The van der Waals surface area contributed by atoms with E-state index < -0.39 is 0 Å². The van der Waals surface area contributed by atoms with E-state index >= 15 is 0 Å². The molecule has 0 atom stereocenters. The third-order valence-electron chi connectivity index (χ3n) is 7.28. The number of rotatable bonds is 9. The molecule has 43 heavy (non-hydrogen) atoms. The summed E-state index contributed by atoms with van der Waals surface area (Å²) in [5.41, 5.74) is 2.61. The van der Waals surface area contributed by atoms with E-state index in [1.165, 1.54) is 17.0 Å². The number of hydrogen-bond donors (Lipinski definition) is 0. The second kappa shape index (κ2) is 13.5. The van der Waals surface area contributed by atoms with Gasteiger partial charge in [0.1, 0.15) is 23.9 Å². The molecular weight excluding hydrogens is 573 g/mol. The predicted molar refractivity (Wildman–Crippen MR) is 162 cm³/mol. The summed E-state index contributed by atoms with van der Waals surface area (Å²) in [6.45, 7) is 2.11. The van der Waals surface area contributed by atoms with Crippen molar-refractivity contribution in [2.75, 3.05) is 51.8 Å². The van der Waals surface area contributed by atoms with E-state index in [1.807, 2.05) is 24.3 Å². The fourth-order valence-electron chi connectivity index (χ4n) is 4.88. The van der Waals surface area contributed by atoms with E-state index in [9.17, 15) is 14.0 Å². The van der Waals surface area contributed by atoms with Gasteiger partial charge in [-0.2, -0.15) is 0 Å².